The lowest BCUT2D eigenvalue weighted by atomic mass is 10.0. The SMILES string of the molecule is CC.COC1CNC[C@H]1Nc1nc(-c2ccnc3[nH]c(CC4=C(F)C=CCCC4)cc23)nc2cncc(C3CC3)c12. The number of hydrogen-bond donors (Lipinski definition) is 3. The average molecular weight is 556 g/mol. The summed E-state index contributed by atoms with van der Waals surface area (Å²) in [5, 5.41) is 9.07. The molecule has 3 N–H and O–H groups in total. The Morgan fingerprint density at radius 1 is 1.15 bits per heavy atom. The highest BCUT2D eigenvalue weighted by Gasteiger charge is 2.31. The van der Waals surface area contributed by atoms with Crippen molar-refractivity contribution >= 4 is 27.8 Å². The smallest absolute Gasteiger partial charge is 0.163 e. The van der Waals surface area contributed by atoms with E-state index in [1.165, 1.54) is 5.56 Å². The first kappa shape index (κ1) is 27.5. The second kappa shape index (κ2) is 12.0. The number of aromatic amines is 1. The zero-order valence-electron chi connectivity index (χ0n) is 24.0. The molecule has 2 aliphatic carbocycles. The third kappa shape index (κ3) is 5.61. The number of ether oxygens (including phenoxy) is 1. The van der Waals surface area contributed by atoms with Gasteiger partial charge in [-0.05, 0) is 67.4 Å². The molecule has 0 radical (unpaired) electrons. The van der Waals surface area contributed by atoms with E-state index in [0.29, 0.717) is 18.2 Å². The van der Waals surface area contributed by atoms with Crippen LogP contribution < -0.4 is 10.6 Å². The number of pyridine rings is 2. The highest BCUT2D eigenvalue weighted by molar-refractivity contribution is 5.97. The minimum Gasteiger partial charge on any atom is -0.378 e. The molecule has 4 aromatic heterocycles. The Balaban J connectivity index is 0.00000148. The first-order chi connectivity index (χ1) is 20.2. The lowest BCUT2D eigenvalue weighted by Crippen LogP contribution is -2.34. The second-order valence-electron chi connectivity index (χ2n) is 10.8. The van der Waals surface area contributed by atoms with Crippen molar-refractivity contribution in [3.63, 3.8) is 0 Å². The lowest BCUT2D eigenvalue weighted by molar-refractivity contribution is 0.111. The molecule has 1 unspecified atom stereocenters. The Hall–Kier alpha value is -3.69. The zero-order chi connectivity index (χ0) is 28.3. The summed E-state index contributed by atoms with van der Waals surface area (Å²) >= 11 is 0. The fourth-order valence-corrected chi connectivity index (χ4v) is 5.89. The normalized spacial score (nSPS) is 20.8. The number of H-pyrrole nitrogens is 1. The van der Waals surface area contributed by atoms with E-state index in [1.54, 1.807) is 19.4 Å². The van der Waals surface area contributed by atoms with Crippen LogP contribution in [0.1, 0.15) is 63.1 Å². The summed E-state index contributed by atoms with van der Waals surface area (Å²) < 4.78 is 20.3. The van der Waals surface area contributed by atoms with Crippen LogP contribution in [0.5, 0.6) is 0 Å². The number of aromatic nitrogens is 5. The molecule has 7 rings (SSSR count). The van der Waals surface area contributed by atoms with Crippen LogP contribution in [0.4, 0.5) is 10.2 Å². The van der Waals surface area contributed by atoms with Crippen molar-refractivity contribution in [1.82, 2.24) is 30.2 Å². The molecule has 0 amide bonds. The summed E-state index contributed by atoms with van der Waals surface area (Å²) in [4.78, 5) is 22.6. The summed E-state index contributed by atoms with van der Waals surface area (Å²) in [6, 6.07) is 4.11. The van der Waals surface area contributed by atoms with Gasteiger partial charge in [-0.1, -0.05) is 19.9 Å². The predicted octanol–water partition coefficient (Wildman–Crippen LogP) is 6.38. The van der Waals surface area contributed by atoms with E-state index in [0.717, 1.165) is 89.8 Å². The van der Waals surface area contributed by atoms with Crippen LogP contribution >= 0.6 is 0 Å². The van der Waals surface area contributed by atoms with Crippen molar-refractivity contribution in [2.45, 2.75) is 70.4 Å². The Kier molecular flexibility index (Phi) is 8.07. The Bertz CT molecular complexity index is 1610. The second-order valence-corrected chi connectivity index (χ2v) is 10.8. The first-order valence-corrected chi connectivity index (χ1v) is 14.8. The fraction of sp³-hybridized carbons (Fsp3) is 0.438. The summed E-state index contributed by atoms with van der Waals surface area (Å²) in [6.07, 6.45) is 14.6. The van der Waals surface area contributed by atoms with E-state index in [1.807, 2.05) is 38.4 Å². The third-order valence-electron chi connectivity index (χ3n) is 8.12. The van der Waals surface area contributed by atoms with Crippen LogP contribution in [0.25, 0.3) is 33.3 Å². The lowest BCUT2D eigenvalue weighted by Gasteiger charge is -2.21. The standard InChI is InChI=1S/C30H32FN7O.C2H6/c1-39-26-16-33-14-24(26)36-30-27-22(17-7-8-17)13-32-15-25(27)37-29(38-30)20-9-10-34-28-21(20)12-19(35-28)11-18-5-3-2-4-6-23(18)31;1-2/h4,6,9-10,12-13,15,17,24,26,33H,2-3,5,7-8,11,14,16H2,1H3,(H,34,35)(H,36,37,38);1-2H3/t24-,26?;/m1./s1. The molecule has 8 nitrogen and oxygen atoms in total. The Labute approximate surface area is 239 Å². The molecular formula is C32H38FN7O. The average Bonchev–Trinajstić information content (AvgIpc) is 3.67. The molecule has 3 aliphatic rings. The maximum Gasteiger partial charge on any atom is 0.163 e. The molecule has 41 heavy (non-hydrogen) atoms. The van der Waals surface area contributed by atoms with E-state index in [2.05, 4.69) is 31.7 Å². The molecule has 2 atom stereocenters. The van der Waals surface area contributed by atoms with Crippen molar-refractivity contribution in [2.75, 3.05) is 25.5 Å². The van der Waals surface area contributed by atoms with E-state index < -0.39 is 0 Å². The molecule has 1 saturated heterocycles. The van der Waals surface area contributed by atoms with Crippen LogP contribution in [0.2, 0.25) is 0 Å². The minimum atomic E-state index is -0.123. The van der Waals surface area contributed by atoms with Crippen LogP contribution in [0.3, 0.4) is 0 Å². The molecule has 214 valence electrons. The number of allylic oxidation sites excluding steroid dienone is 4. The predicted molar refractivity (Wildman–Crippen MR) is 162 cm³/mol. The highest BCUT2D eigenvalue weighted by atomic mass is 19.1. The van der Waals surface area contributed by atoms with E-state index in [9.17, 15) is 4.39 Å². The number of fused-ring (bicyclic) bond motifs is 2. The zero-order valence-corrected chi connectivity index (χ0v) is 24.0. The van der Waals surface area contributed by atoms with Crippen molar-refractivity contribution < 1.29 is 9.13 Å². The van der Waals surface area contributed by atoms with Gasteiger partial charge in [0, 0.05) is 61.0 Å². The van der Waals surface area contributed by atoms with Crippen LogP contribution in [0.15, 0.2) is 54.3 Å². The monoisotopic (exact) mass is 555 g/mol. The molecule has 1 aliphatic heterocycles. The summed E-state index contributed by atoms with van der Waals surface area (Å²) in [5.41, 5.74) is 5.41. The van der Waals surface area contributed by atoms with Gasteiger partial charge in [-0.25, -0.2) is 19.3 Å². The topological polar surface area (TPSA) is 101 Å². The number of methoxy groups -OCH3 is 1. The minimum absolute atomic E-state index is 0.0538. The van der Waals surface area contributed by atoms with E-state index in [4.69, 9.17) is 14.7 Å². The maximum atomic E-state index is 14.6. The number of nitrogens with zero attached hydrogens (tertiary/aromatic N) is 4. The molecule has 0 aromatic carbocycles. The third-order valence-corrected chi connectivity index (χ3v) is 8.12. The van der Waals surface area contributed by atoms with Crippen molar-refractivity contribution in [2.24, 2.45) is 0 Å². The van der Waals surface area contributed by atoms with E-state index >= 15 is 0 Å². The highest BCUT2D eigenvalue weighted by Crippen LogP contribution is 2.44. The van der Waals surface area contributed by atoms with Gasteiger partial charge in [-0.2, -0.15) is 0 Å². The van der Waals surface area contributed by atoms with Crippen molar-refractivity contribution in [3.8, 4) is 11.4 Å². The number of halogens is 1. The molecule has 1 saturated carbocycles. The quantitative estimate of drug-likeness (QED) is 0.243. The molecule has 4 aromatic rings. The summed E-state index contributed by atoms with van der Waals surface area (Å²) in [5.74, 6) is 1.81. The van der Waals surface area contributed by atoms with Crippen molar-refractivity contribution in [3.05, 3.63) is 65.5 Å². The maximum absolute atomic E-state index is 14.6. The van der Waals surface area contributed by atoms with Gasteiger partial charge in [-0.3, -0.25) is 4.98 Å². The summed E-state index contributed by atoms with van der Waals surface area (Å²) in [6.45, 7) is 5.59. The van der Waals surface area contributed by atoms with Gasteiger partial charge < -0.3 is 20.4 Å². The molecule has 0 spiro atoms. The molecular weight excluding hydrogens is 517 g/mol. The molecule has 2 fully saturated rings. The van der Waals surface area contributed by atoms with E-state index in [-0.39, 0.29) is 18.0 Å². The number of anilines is 1. The molecule has 0 bridgehead atoms. The molecule has 5 heterocycles. The van der Waals surface area contributed by atoms with Gasteiger partial charge in [0.05, 0.1) is 23.9 Å². The Morgan fingerprint density at radius 3 is 2.85 bits per heavy atom. The van der Waals surface area contributed by atoms with Crippen molar-refractivity contribution in [1.29, 1.82) is 0 Å². The number of rotatable bonds is 7. The van der Waals surface area contributed by atoms with Gasteiger partial charge in [0.15, 0.2) is 5.82 Å². The first-order valence-electron chi connectivity index (χ1n) is 14.8. The number of hydrogen-bond acceptors (Lipinski definition) is 7. The number of nitrogens with one attached hydrogen (secondary N) is 3. The Morgan fingerprint density at radius 2 is 2.02 bits per heavy atom. The van der Waals surface area contributed by atoms with Gasteiger partial charge in [0.2, 0.25) is 0 Å². The van der Waals surface area contributed by atoms with Crippen LogP contribution in [0, 0.1) is 0 Å². The molecule has 9 heteroatoms. The van der Waals surface area contributed by atoms with Gasteiger partial charge in [-0.15, -0.1) is 0 Å². The fourth-order valence-electron chi connectivity index (χ4n) is 5.89. The van der Waals surface area contributed by atoms with Gasteiger partial charge in [0.1, 0.15) is 17.3 Å². The van der Waals surface area contributed by atoms with Gasteiger partial charge >= 0.3 is 0 Å². The van der Waals surface area contributed by atoms with Gasteiger partial charge in [0.25, 0.3) is 0 Å². The van der Waals surface area contributed by atoms with Crippen LogP contribution in [-0.4, -0.2) is 57.3 Å². The largest absolute Gasteiger partial charge is 0.378 e. The van der Waals surface area contributed by atoms with Crippen LogP contribution in [-0.2, 0) is 11.2 Å². The summed E-state index contributed by atoms with van der Waals surface area (Å²) in [7, 11) is 1.75.